The number of hydrogen-bond acceptors (Lipinski definition) is 5. The zero-order valence-electron chi connectivity index (χ0n) is 13.0. The molecule has 0 fully saturated rings. The molecule has 0 bridgehead atoms. The van der Waals surface area contributed by atoms with Crippen LogP contribution in [0.3, 0.4) is 0 Å². The highest BCUT2D eigenvalue weighted by Gasteiger charge is 2.16. The lowest BCUT2D eigenvalue weighted by Crippen LogP contribution is -2.11. The normalized spacial score (nSPS) is 13.8. The van der Waals surface area contributed by atoms with Crippen molar-refractivity contribution >= 4 is 0 Å². The molecule has 1 aromatic carbocycles. The second-order valence-corrected chi connectivity index (χ2v) is 5.79. The highest BCUT2D eigenvalue weighted by Crippen LogP contribution is 2.25. The molecule has 3 aromatic rings. The Bertz CT molecular complexity index is 804. The molecule has 0 atom stereocenters. The summed E-state index contributed by atoms with van der Waals surface area (Å²) < 4.78 is 13.0. The molecule has 1 aliphatic rings. The predicted octanol–water partition coefficient (Wildman–Crippen LogP) is 3.16. The zero-order chi connectivity index (χ0) is 15.6. The summed E-state index contributed by atoms with van der Waals surface area (Å²) >= 11 is 0. The van der Waals surface area contributed by atoms with E-state index in [1.54, 1.807) is 0 Å². The average molecular weight is 310 g/mol. The van der Waals surface area contributed by atoms with Gasteiger partial charge in [-0.1, -0.05) is 5.16 Å². The topological polar surface area (TPSA) is 66.0 Å². The fourth-order valence-corrected chi connectivity index (χ4v) is 2.87. The molecular weight excluding hydrogens is 292 g/mol. The number of ether oxygens (including phenoxy) is 1. The SMILES string of the molecule is Cc1cc(COc2ccc(-c3nnc4n3CCCC4)cc2)no1. The van der Waals surface area contributed by atoms with Gasteiger partial charge >= 0.3 is 0 Å². The van der Waals surface area contributed by atoms with Crippen LogP contribution in [-0.2, 0) is 19.6 Å². The number of fused-ring (bicyclic) bond motifs is 1. The van der Waals surface area contributed by atoms with Crippen LogP contribution >= 0.6 is 0 Å². The molecule has 0 amide bonds. The maximum Gasteiger partial charge on any atom is 0.163 e. The van der Waals surface area contributed by atoms with Crippen LogP contribution in [0.15, 0.2) is 34.9 Å². The molecule has 118 valence electrons. The van der Waals surface area contributed by atoms with E-state index in [2.05, 4.69) is 19.9 Å². The van der Waals surface area contributed by atoms with Gasteiger partial charge < -0.3 is 13.8 Å². The average Bonchev–Trinajstić information content (AvgIpc) is 3.20. The van der Waals surface area contributed by atoms with Gasteiger partial charge in [-0.05, 0) is 44.0 Å². The molecule has 23 heavy (non-hydrogen) atoms. The van der Waals surface area contributed by atoms with Crippen LogP contribution in [0.4, 0.5) is 0 Å². The highest BCUT2D eigenvalue weighted by atomic mass is 16.5. The Morgan fingerprint density at radius 1 is 1.17 bits per heavy atom. The van der Waals surface area contributed by atoms with Crippen molar-refractivity contribution in [1.29, 1.82) is 0 Å². The highest BCUT2D eigenvalue weighted by molar-refractivity contribution is 5.56. The van der Waals surface area contributed by atoms with Gasteiger partial charge in [0.05, 0.1) is 0 Å². The molecule has 1 aliphatic heterocycles. The largest absolute Gasteiger partial charge is 0.487 e. The summed E-state index contributed by atoms with van der Waals surface area (Å²) in [6.07, 6.45) is 3.41. The molecular formula is C17H18N4O2. The van der Waals surface area contributed by atoms with Gasteiger partial charge in [-0.3, -0.25) is 0 Å². The fourth-order valence-electron chi connectivity index (χ4n) is 2.87. The monoisotopic (exact) mass is 310 g/mol. The minimum Gasteiger partial charge on any atom is -0.487 e. The van der Waals surface area contributed by atoms with E-state index in [-0.39, 0.29) is 0 Å². The van der Waals surface area contributed by atoms with Gasteiger partial charge in [0, 0.05) is 24.6 Å². The summed E-state index contributed by atoms with van der Waals surface area (Å²) in [5.74, 6) is 3.62. The number of hydrogen-bond donors (Lipinski definition) is 0. The summed E-state index contributed by atoms with van der Waals surface area (Å²) in [5, 5.41) is 12.6. The summed E-state index contributed by atoms with van der Waals surface area (Å²) in [5.41, 5.74) is 1.85. The van der Waals surface area contributed by atoms with Crippen LogP contribution < -0.4 is 4.74 Å². The van der Waals surface area contributed by atoms with Crippen LogP contribution in [0.1, 0.15) is 30.1 Å². The Balaban J connectivity index is 1.48. The Morgan fingerprint density at radius 2 is 2.04 bits per heavy atom. The first-order chi connectivity index (χ1) is 11.3. The molecule has 0 unspecified atom stereocenters. The van der Waals surface area contributed by atoms with E-state index in [1.165, 1.54) is 12.8 Å². The smallest absolute Gasteiger partial charge is 0.163 e. The number of rotatable bonds is 4. The predicted molar refractivity (Wildman–Crippen MR) is 84.0 cm³/mol. The zero-order valence-corrected chi connectivity index (χ0v) is 13.0. The van der Waals surface area contributed by atoms with Crippen molar-refractivity contribution in [3.8, 4) is 17.1 Å². The summed E-state index contributed by atoms with van der Waals surface area (Å²) in [6, 6.07) is 9.82. The van der Waals surface area contributed by atoms with Gasteiger partial charge in [0.2, 0.25) is 0 Å². The number of aromatic nitrogens is 4. The Hall–Kier alpha value is -2.63. The Morgan fingerprint density at radius 3 is 2.83 bits per heavy atom. The molecule has 0 saturated carbocycles. The quantitative estimate of drug-likeness (QED) is 0.740. The third kappa shape index (κ3) is 2.84. The van der Waals surface area contributed by atoms with Crippen LogP contribution in [-0.4, -0.2) is 19.9 Å². The van der Waals surface area contributed by atoms with Gasteiger partial charge in [0.1, 0.15) is 29.6 Å². The number of benzene rings is 1. The van der Waals surface area contributed by atoms with Crippen molar-refractivity contribution in [2.45, 2.75) is 39.3 Å². The van der Waals surface area contributed by atoms with Crippen molar-refractivity contribution in [2.75, 3.05) is 0 Å². The van der Waals surface area contributed by atoms with E-state index in [0.29, 0.717) is 6.61 Å². The molecule has 6 nitrogen and oxygen atoms in total. The standard InChI is InChI=1S/C17H18N4O2/c1-12-10-14(20-23-12)11-22-15-7-5-13(6-8-15)17-19-18-16-4-2-3-9-21(16)17/h5-8,10H,2-4,9,11H2,1H3. The first-order valence-corrected chi connectivity index (χ1v) is 7.87. The first kappa shape index (κ1) is 14.0. The van der Waals surface area contributed by atoms with E-state index >= 15 is 0 Å². The van der Waals surface area contributed by atoms with Gasteiger partial charge in [0.15, 0.2) is 5.82 Å². The third-order valence-electron chi connectivity index (χ3n) is 4.04. The maximum atomic E-state index is 5.73. The molecule has 0 saturated heterocycles. The lowest BCUT2D eigenvalue weighted by atomic mass is 10.1. The van der Waals surface area contributed by atoms with Gasteiger partial charge in [-0.2, -0.15) is 0 Å². The molecule has 0 radical (unpaired) electrons. The van der Waals surface area contributed by atoms with Gasteiger partial charge in [-0.25, -0.2) is 0 Å². The second-order valence-electron chi connectivity index (χ2n) is 5.79. The molecule has 3 heterocycles. The van der Waals surface area contributed by atoms with Crippen LogP contribution in [0.5, 0.6) is 5.75 Å². The van der Waals surface area contributed by atoms with E-state index < -0.39 is 0 Å². The first-order valence-electron chi connectivity index (χ1n) is 7.87. The summed E-state index contributed by atoms with van der Waals surface area (Å²) in [4.78, 5) is 0. The van der Waals surface area contributed by atoms with E-state index in [1.807, 2.05) is 37.3 Å². The van der Waals surface area contributed by atoms with Crippen molar-refractivity contribution < 1.29 is 9.26 Å². The Kier molecular flexibility index (Phi) is 3.57. The second kappa shape index (κ2) is 5.87. The van der Waals surface area contributed by atoms with Crippen LogP contribution in [0, 0.1) is 6.92 Å². The van der Waals surface area contributed by atoms with E-state index in [4.69, 9.17) is 9.26 Å². The van der Waals surface area contributed by atoms with Crippen LogP contribution in [0.2, 0.25) is 0 Å². The summed E-state index contributed by atoms with van der Waals surface area (Å²) in [6.45, 7) is 3.27. The van der Waals surface area contributed by atoms with Gasteiger partial charge in [-0.15, -0.1) is 10.2 Å². The lowest BCUT2D eigenvalue weighted by Gasteiger charge is -2.14. The van der Waals surface area contributed by atoms with Crippen LogP contribution in [0.25, 0.3) is 11.4 Å². The lowest BCUT2D eigenvalue weighted by molar-refractivity contribution is 0.288. The maximum absolute atomic E-state index is 5.73. The fraction of sp³-hybridized carbons (Fsp3) is 0.353. The van der Waals surface area contributed by atoms with Crippen molar-refractivity contribution in [3.63, 3.8) is 0 Å². The minimum atomic E-state index is 0.400. The molecule has 0 spiro atoms. The van der Waals surface area contributed by atoms with Crippen molar-refractivity contribution in [3.05, 3.63) is 47.6 Å². The molecule has 6 heteroatoms. The molecule has 4 rings (SSSR count). The van der Waals surface area contributed by atoms with E-state index in [0.717, 1.165) is 47.4 Å². The number of aryl methyl sites for hydroxylation is 2. The van der Waals surface area contributed by atoms with Gasteiger partial charge in [0.25, 0.3) is 0 Å². The molecule has 2 aromatic heterocycles. The Labute approximate surface area is 134 Å². The minimum absolute atomic E-state index is 0.400. The van der Waals surface area contributed by atoms with Crippen molar-refractivity contribution in [2.24, 2.45) is 0 Å². The van der Waals surface area contributed by atoms with Crippen molar-refractivity contribution in [1.82, 2.24) is 19.9 Å². The summed E-state index contributed by atoms with van der Waals surface area (Å²) in [7, 11) is 0. The third-order valence-corrected chi connectivity index (χ3v) is 4.04. The number of nitrogens with zero attached hydrogens (tertiary/aromatic N) is 4. The molecule has 0 aliphatic carbocycles. The van der Waals surface area contributed by atoms with E-state index in [9.17, 15) is 0 Å². The molecule has 0 N–H and O–H groups in total.